The maximum absolute atomic E-state index is 12.0. The monoisotopic (exact) mass is 277 g/mol. The van der Waals surface area contributed by atoms with Gasteiger partial charge in [-0.1, -0.05) is 0 Å². The fraction of sp³-hybridized carbons (Fsp3) is 0.846. The molecule has 0 saturated heterocycles. The Balaban J connectivity index is 5.81. The Hall–Kier alpha value is -0.630. The highest BCUT2D eigenvalue weighted by atomic mass is 31.2. The van der Waals surface area contributed by atoms with Crippen LogP contribution in [0.25, 0.3) is 0 Å². The third-order valence-electron chi connectivity index (χ3n) is 3.90. The van der Waals surface area contributed by atoms with Crippen LogP contribution >= 0.6 is 7.26 Å². The highest BCUT2D eigenvalue weighted by Crippen LogP contribution is 2.72. The fourth-order valence-corrected chi connectivity index (χ4v) is 6.22. The lowest BCUT2D eigenvalue weighted by Gasteiger charge is -2.41. The van der Waals surface area contributed by atoms with Crippen molar-refractivity contribution >= 4 is 19.2 Å². The van der Waals surface area contributed by atoms with E-state index in [2.05, 4.69) is 41.3 Å². The zero-order valence-electron chi connectivity index (χ0n) is 12.7. The Morgan fingerprint density at radius 2 is 1.33 bits per heavy atom. The third-order valence-corrected chi connectivity index (χ3v) is 10.4. The molecule has 0 aliphatic heterocycles. The Kier molecular flexibility index (Phi) is 5.80. The molecule has 5 heteroatoms. The van der Waals surface area contributed by atoms with Gasteiger partial charge < -0.3 is 9.47 Å². The van der Waals surface area contributed by atoms with E-state index in [4.69, 9.17) is 9.47 Å². The molecular weight excluding hydrogens is 251 g/mol. The summed E-state index contributed by atoms with van der Waals surface area (Å²) in [6.07, 6.45) is 0. The van der Waals surface area contributed by atoms with Crippen molar-refractivity contribution in [2.24, 2.45) is 0 Å². The smallest absolute Gasteiger partial charge is 0.358 e. The molecule has 1 atom stereocenters. The molecule has 0 aromatic heterocycles. The second-order valence-corrected chi connectivity index (χ2v) is 11.0. The number of hydrogen-bond acceptors (Lipinski definition) is 4. The van der Waals surface area contributed by atoms with E-state index in [1.807, 2.05) is 0 Å². The molecule has 0 aliphatic rings. The SMILES string of the molecule is COC(=O)C(C(=O)OC)[P+](C)(C(C)C)C(C)(C)C. The lowest BCUT2D eigenvalue weighted by molar-refractivity contribution is -0.150. The number of carbonyl (C=O) groups is 2. The van der Waals surface area contributed by atoms with Crippen LogP contribution in [-0.4, -0.2) is 49.3 Å². The van der Waals surface area contributed by atoms with Crippen molar-refractivity contribution in [3.63, 3.8) is 0 Å². The van der Waals surface area contributed by atoms with Crippen LogP contribution in [0.3, 0.4) is 0 Å². The Morgan fingerprint density at radius 1 is 1.00 bits per heavy atom. The molecule has 0 N–H and O–H groups in total. The standard InChI is InChI=1S/C13H26O4P/c1-9(2)18(8,13(3,4)5)10(11(14)16-6)12(15)17-7/h9-10H,1-8H3/q+1. The van der Waals surface area contributed by atoms with Crippen LogP contribution in [0.15, 0.2) is 0 Å². The minimum absolute atomic E-state index is 0.131. The summed E-state index contributed by atoms with van der Waals surface area (Å²) in [5.41, 5.74) is -0.562. The molecule has 1 unspecified atom stereocenters. The van der Waals surface area contributed by atoms with E-state index in [0.29, 0.717) is 0 Å². The van der Waals surface area contributed by atoms with Gasteiger partial charge in [0.1, 0.15) is 0 Å². The second-order valence-electron chi connectivity index (χ2n) is 5.86. The highest BCUT2D eigenvalue weighted by molar-refractivity contribution is 7.79. The summed E-state index contributed by atoms with van der Waals surface area (Å²) in [7, 11) is 0.693. The molecule has 0 heterocycles. The van der Waals surface area contributed by atoms with Gasteiger partial charge in [0.2, 0.25) is 0 Å². The summed E-state index contributed by atoms with van der Waals surface area (Å²) in [4.78, 5) is 24.0. The molecule has 0 radical (unpaired) electrons. The van der Waals surface area contributed by atoms with Gasteiger partial charge in [-0.3, -0.25) is 0 Å². The van der Waals surface area contributed by atoms with Crippen molar-refractivity contribution in [1.29, 1.82) is 0 Å². The van der Waals surface area contributed by atoms with Gasteiger partial charge in [-0.15, -0.1) is 0 Å². The normalized spacial score (nSPS) is 15.4. The summed E-state index contributed by atoms with van der Waals surface area (Å²) in [6, 6.07) is 0. The molecule has 0 spiro atoms. The largest absolute Gasteiger partial charge is 0.466 e. The van der Waals surface area contributed by atoms with Crippen LogP contribution in [0.2, 0.25) is 0 Å². The predicted molar refractivity (Wildman–Crippen MR) is 75.6 cm³/mol. The lowest BCUT2D eigenvalue weighted by atomic mass is 10.2. The zero-order chi connectivity index (χ0) is 14.7. The number of methoxy groups -OCH3 is 2. The average Bonchev–Trinajstić information content (AvgIpc) is 2.26. The lowest BCUT2D eigenvalue weighted by Crippen LogP contribution is -2.43. The minimum atomic E-state index is -1.93. The van der Waals surface area contributed by atoms with Crippen LogP contribution in [-0.2, 0) is 19.1 Å². The van der Waals surface area contributed by atoms with Gasteiger partial charge in [-0.05, 0) is 34.6 Å². The minimum Gasteiger partial charge on any atom is -0.466 e. The molecule has 18 heavy (non-hydrogen) atoms. The van der Waals surface area contributed by atoms with Crippen molar-refractivity contribution in [3.05, 3.63) is 0 Å². The fourth-order valence-electron chi connectivity index (χ4n) is 2.22. The number of ether oxygens (including phenoxy) is 2. The average molecular weight is 277 g/mol. The zero-order valence-corrected chi connectivity index (χ0v) is 13.6. The van der Waals surface area contributed by atoms with Crippen LogP contribution < -0.4 is 0 Å². The van der Waals surface area contributed by atoms with Crippen molar-refractivity contribution in [2.75, 3.05) is 20.9 Å². The van der Waals surface area contributed by atoms with E-state index >= 15 is 0 Å². The van der Waals surface area contributed by atoms with Gasteiger partial charge >= 0.3 is 11.9 Å². The number of carbonyl (C=O) groups excluding carboxylic acids is 2. The van der Waals surface area contributed by atoms with Crippen molar-refractivity contribution in [1.82, 2.24) is 0 Å². The molecule has 0 rings (SSSR count). The van der Waals surface area contributed by atoms with Crippen LogP contribution in [0.5, 0.6) is 0 Å². The van der Waals surface area contributed by atoms with E-state index in [1.54, 1.807) is 0 Å². The summed E-state index contributed by atoms with van der Waals surface area (Å²) < 4.78 is 9.63. The van der Waals surface area contributed by atoms with Gasteiger partial charge in [-0.25, -0.2) is 9.59 Å². The first-order chi connectivity index (χ1) is 8.03. The Labute approximate surface area is 111 Å². The first-order valence-electron chi connectivity index (χ1n) is 6.05. The molecule has 0 bridgehead atoms. The Bertz CT molecular complexity index is 303. The van der Waals surface area contributed by atoms with Gasteiger partial charge in [0.15, 0.2) is 0 Å². The molecule has 0 amide bonds. The summed E-state index contributed by atoms with van der Waals surface area (Å²) >= 11 is 0. The summed E-state index contributed by atoms with van der Waals surface area (Å²) in [5, 5.41) is -0.131. The summed E-state index contributed by atoms with van der Waals surface area (Å²) in [6.45, 7) is 12.4. The van der Waals surface area contributed by atoms with E-state index in [-0.39, 0.29) is 10.8 Å². The molecule has 0 aromatic rings. The first-order valence-corrected chi connectivity index (χ1v) is 8.43. The first kappa shape index (κ1) is 17.4. The molecule has 0 aromatic carbocycles. The number of esters is 2. The maximum atomic E-state index is 12.0. The number of rotatable bonds is 4. The van der Waals surface area contributed by atoms with Crippen LogP contribution in [0, 0.1) is 0 Å². The van der Waals surface area contributed by atoms with Crippen molar-refractivity contribution in [3.8, 4) is 0 Å². The van der Waals surface area contributed by atoms with Crippen LogP contribution in [0.1, 0.15) is 34.6 Å². The van der Waals surface area contributed by atoms with Gasteiger partial charge in [0.05, 0.1) is 31.7 Å². The highest BCUT2D eigenvalue weighted by Gasteiger charge is 2.61. The van der Waals surface area contributed by atoms with Crippen molar-refractivity contribution in [2.45, 2.75) is 51.1 Å². The molecule has 106 valence electrons. The third kappa shape index (κ3) is 3.03. The number of hydrogen-bond donors (Lipinski definition) is 0. The molecular formula is C13H26O4P+. The van der Waals surface area contributed by atoms with Gasteiger partial charge in [0.25, 0.3) is 5.66 Å². The van der Waals surface area contributed by atoms with E-state index in [9.17, 15) is 9.59 Å². The van der Waals surface area contributed by atoms with Crippen LogP contribution in [0.4, 0.5) is 0 Å². The van der Waals surface area contributed by atoms with E-state index < -0.39 is 24.9 Å². The Morgan fingerprint density at radius 3 is 1.50 bits per heavy atom. The maximum Gasteiger partial charge on any atom is 0.358 e. The van der Waals surface area contributed by atoms with Gasteiger partial charge in [-0.2, -0.15) is 0 Å². The topological polar surface area (TPSA) is 52.6 Å². The predicted octanol–water partition coefficient (Wildman–Crippen LogP) is 2.56. The van der Waals surface area contributed by atoms with Gasteiger partial charge in [0, 0.05) is 7.26 Å². The molecule has 4 nitrogen and oxygen atoms in total. The van der Waals surface area contributed by atoms with E-state index in [1.165, 1.54) is 14.2 Å². The van der Waals surface area contributed by atoms with Crippen molar-refractivity contribution < 1.29 is 19.1 Å². The van der Waals surface area contributed by atoms with E-state index in [0.717, 1.165) is 0 Å². The molecule has 0 aliphatic carbocycles. The summed E-state index contributed by atoms with van der Waals surface area (Å²) in [5.74, 6) is -0.970. The quantitative estimate of drug-likeness (QED) is 0.450. The molecule has 0 fully saturated rings. The second kappa shape index (κ2) is 6.01. The molecule has 0 saturated carbocycles.